The monoisotopic (exact) mass is 291 g/mol. The van der Waals surface area contributed by atoms with Gasteiger partial charge in [0, 0.05) is 26.6 Å². The minimum absolute atomic E-state index is 0.0179. The zero-order valence-corrected chi connectivity index (χ0v) is 12.9. The molecule has 1 saturated heterocycles. The van der Waals surface area contributed by atoms with Gasteiger partial charge in [0.2, 0.25) is 5.91 Å². The smallest absolute Gasteiger partial charge is 0.216 e. The first-order valence-corrected chi connectivity index (χ1v) is 7.63. The van der Waals surface area contributed by atoms with E-state index in [0.717, 1.165) is 24.5 Å². The average Bonchev–Trinajstić information content (AvgIpc) is 2.45. The van der Waals surface area contributed by atoms with E-state index in [1.807, 2.05) is 12.1 Å². The minimum Gasteiger partial charge on any atom is -0.367 e. The van der Waals surface area contributed by atoms with Gasteiger partial charge in [-0.15, -0.1) is 5.10 Å². The molecule has 1 aromatic heterocycles. The number of carbonyl (C=O) groups is 1. The summed E-state index contributed by atoms with van der Waals surface area (Å²) < 4.78 is 0. The van der Waals surface area contributed by atoms with E-state index < -0.39 is 0 Å². The number of amides is 1. The fourth-order valence-corrected chi connectivity index (χ4v) is 2.73. The third-order valence-electron chi connectivity index (χ3n) is 3.74. The molecule has 1 atom stereocenters. The maximum Gasteiger partial charge on any atom is 0.216 e. The molecular weight excluding hydrogens is 266 g/mol. The number of carbonyl (C=O) groups excluding carboxylic acids is 1. The number of likely N-dealkylation sites (tertiary alicyclic amines) is 1. The van der Waals surface area contributed by atoms with Crippen molar-refractivity contribution in [3.05, 3.63) is 17.8 Å². The molecule has 1 aromatic rings. The molecule has 2 N–H and O–H groups in total. The van der Waals surface area contributed by atoms with Gasteiger partial charge in [-0.25, -0.2) is 0 Å². The Morgan fingerprint density at radius 2 is 2.24 bits per heavy atom. The number of piperidine rings is 1. The maximum absolute atomic E-state index is 10.7. The molecule has 0 bridgehead atoms. The topological polar surface area (TPSA) is 70.2 Å². The Bertz CT molecular complexity index is 448. The lowest BCUT2D eigenvalue weighted by Crippen LogP contribution is -2.33. The van der Waals surface area contributed by atoms with Gasteiger partial charge in [-0.2, -0.15) is 5.10 Å². The van der Waals surface area contributed by atoms with Crippen LogP contribution in [0.3, 0.4) is 0 Å². The van der Waals surface area contributed by atoms with Gasteiger partial charge >= 0.3 is 0 Å². The van der Waals surface area contributed by atoms with Crippen molar-refractivity contribution in [2.75, 3.05) is 38.5 Å². The van der Waals surface area contributed by atoms with Crippen LogP contribution in [-0.4, -0.2) is 54.2 Å². The molecule has 0 aromatic carbocycles. The van der Waals surface area contributed by atoms with Crippen molar-refractivity contribution in [3.8, 4) is 0 Å². The zero-order chi connectivity index (χ0) is 15.1. The Balaban J connectivity index is 1.75. The second-order valence-corrected chi connectivity index (χ2v) is 5.79. The minimum atomic E-state index is -0.0179. The van der Waals surface area contributed by atoms with E-state index in [4.69, 9.17) is 0 Å². The van der Waals surface area contributed by atoms with E-state index in [1.165, 1.54) is 26.3 Å². The van der Waals surface area contributed by atoms with E-state index in [-0.39, 0.29) is 5.91 Å². The summed E-state index contributed by atoms with van der Waals surface area (Å²) in [5.41, 5.74) is 1.06. The Kier molecular flexibility index (Phi) is 5.92. The predicted molar refractivity (Wildman–Crippen MR) is 83.1 cm³/mol. The lowest BCUT2D eigenvalue weighted by molar-refractivity contribution is -0.118. The van der Waals surface area contributed by atoms with Crippen molar-refractivity contribution in [1.82, 2.24) is 20.4 Å². The van der Waals surface area contributed by atoms with E-state index in [1.54, 1.807) is 0 Å². The van der Waals surface area contributed by atoms with Gasteiger partial charge in [-0.3, -0.25) is 4.79 Å². The second-order valence-electron chi connectivity index (χ2n) is 5.79. The van der Waals surface area contributed by atoms with Gasteiger partial charge in [0.15, 0.2) is 0 Å². The summed E-state index contributed by atoms with van der Waals surface area (Å²) in [6, 6.07) is 4.00. The normalized spacial score (nSPS) is 19.2. The quantitative estimate of drug-likeness (QED) is 0.762. The van der Waals surface area contributed by atoms with Crippen LogP contribution in [0.25, 0.3) is 0 Å². The summed E-state index contributed by atoms with van der Waals surface area (Å²) in [6.07, 6.45) is 3.56. The molecule has 0 saturated carbocycles. The van der Waals surface area contributed by atoms with Crippen molar-refractivity contribution in [1.29, 1.82) is 0 Å². The highest BCUT2D eigenvalue weighted by Gasteiger charge is 2.18. The number of nitrogens with one attached hydrogen (secondary N) is 2. The molecule has 1 fully saturated rings. The van der Waals surface area contributed by atoms with Crippen LogP contribution in [0, 0.1) is 5.92 Å². The molecule has 2 heterocycles. The lowest BCUT2D eigenvalue weighted by Gasteiger charge is -2.29. The number of aromatic nitrogens is 2. The third-order valence-corrected chi connectivity index (χ3v) is 3.74. The van der Waals surface area contributed by atoms with E-state index in [0.29, 0.717) is 19.0 Å². The molecule has 6 nitrogen and oxygen atoms in total. The zero-order valence-electron chi connectivity index (χ0n) is 12.9. The summed E-state index contributed by atoms with van der Waals surface area (Å²) in [6.45, 7) is 5.11. The van der Waals surface area contributed by atoms with Crippen LogP contribution in [0.1, 0.15) is 25.5 Å². The number of nitrogens with zero attached hydrogens (tertiary/aromatic N) is 3. The fourth-order valence-electron chi connectivity index (χ4n) is 2.73. The third kappa shape index (κ3) is 5.67. The fraction of sp³-hybridized carbons (Fsp3) is 0.667. The first kappa shape index (κ1) is 15.7. The number of hydrogen-bond acceptors (Lipinski definition) is 5. The van der Waals surface area contributed by atoms with Crippen LogP contribution in [0.15, 0.2) is 12.1 Å². The van der Waals surface area contributed by atoms with E-state index >= 15 is 0 Å². The van der Waals surface area contributed by atoms with Crippen molar-refractivity contribution >= 4 is 11.7 Å². The molecule has 2 rings (SSSR count). The van der Waals surface area contributed by atoms with E-state index in [2.05, 4.69) is 32.8 Å². The Morgan fingerprint density at radius 1 is 1.38 bits per heavy atom. The van der Waals surface area contributed by atoms with Crippen molar-refractivity contribution < 1.29 is 4.79 Å². The average molecular weight is 291 g/mol. The summed E-state index contributed by atoms with van der Waals surface area (Å²) in [5.74, 6) is 1.43. The standard InChI is InChI=1S/C15H25N5O/c1-12(21)16-7-8-17-15-6-5-14(18-19-15)10-13-4-3-9-20(2)11-13/h5-6,13H,3-4,7-11H2,1-2H3,(H,16,21)(H,17,19)/t13-/m0/s1. The van der Waals surface area contributed by atoms with Crippen molar-refractivity contribution in [2.24, 2.45) is 5.92 Å². The summed E-state index contributed by atoms with van der Waals surface area (Å²) in [5, 5.41) is 14.4. The summed E-state index contributed by atoms with van der Waals surface area (Å²) >= 11 is 0. The highest BCUT2D eigenvalue weighted by Crippen LogP contribution is 2.19. The molecule has 1 amide bonds. The molecule has 116 valence electrons. The van der Waals surface area contributed by atoms with Gasteiger partial charge in [0.1, 0.15) is 5.82 Å². The Labute approximate surface area is 126 Å². The second kappa shape index (κ2) is 7.93. The van der Waals surface area contributed by atoms with Gasteiger partial charge in [0.25, 0.3) is 0 Å². The van der Waals surface area contributed by atoms with Crippen LogP contribution in [0.2, 0.25) is 0 Å². The predicted octanol–water partition coefficient (Wildman–Crippen LogP) is 0.909. The summed E-state index contributed by atoms with van der Waals surface area (Å²) in [4.78, 5) is 13.1. The summed E-state index contributed by atoms with van der Waals surface area (Å²) in [7, 11) is 2.18. The first-order valence-electron chi connectivity index (χ1n) is 7.63. The number of hydrogen-bond donors (Lipinski definition) is 2. The van der Waals surface area contributed by atoms with Crippen LogP contribution < -0.4 is 10.6 Å². The molecule has 6 heteroatoms. The molecule has 1 aliphatic rings. The molecule has 0 spiro atoms. The van der Waals surface area contributed by atoms with Gasteiger partial charge in [-0.1, -0.05) is 0 Å². The highest BCUT2D eigenvalue weighted by molar-refractivity contribution is 5.72. The highest BCUT2D eigenvalue weighted by atomic mass is 16.1. The molecule has 1 aliphatic heterocycles. The van der Waals surface area contributed by atoms with Gasteiger partial charge in [0.05, 0.1) is 5.69 Å². The van der Waals surface area contributed by atoms with Gasteiger partial charge < -0.3 is 15.5 Å². The molecule has 0 unspecified atom stereocenters. The first-order chi connectivity index (χ1) is 10.1. The lowest BCUT2D eigenvalue weighted by atomic mass is 9.94. The molecule has 0 radical (unpaired) electrons. The SMILES string of the molecule is CC(=O)NCCNc1ccc(C[C@@H]2CCCN(C)C2)nn1. The van der Waals surface area contributed by atoms with Crippen LogP contribution in [-0.2, 0) is 11.2 Å². The number of rotatable bonds is 6. The Morgan fingerprint density at radius 3 is 2.90 bits per heavy atom. The molecule has 21 heavy (non-hydrogen) atoms. The van der Waals surface area contributed by atoms with Crippen LogP contribution in [0.5, 0.6) is 0 Å². The maximum atomic E-state index is 10.7. The molecular formula is C15H25N5O. The van der Waals surface area contributed by atoms with Gasteiger partial charge in [-0.05, 0) is 50.9 Å². The van der Waals surface area contributed by atoms with Crippen molar-refractivity contribution in [2.45, 2.75) is 26.2 Å². The van der Waals surface area contributed by atoms with Crippen LogP contribution >= 0.6 is 0 Å². The molecule has 0 aliphatic carbocycles. The number of anilines is 1. The van der Waals surface area contributed by atoms with E-state index in [9.17, 15) is 4.79 Å². The largest absolute Gasteiger partial charge is 0.367 e. The van der Waals surface area contributed by atoms with Crippen molar-refractivity contribution in [3.63, 3.8) is 0 Å². The van der Waals surface area contributed by atoms with Crippen LogP contribution in [0.4, 0.5) is 5.82 Å². The Hall–Kier alpha value is -1.69.